The summed E-state index contributed by atoms with van der Waals surface area (Å²) in [6, 6.07) is 5.52. The van der Waals surface area contributed by atoms with Gasteiger partial charge in [-0.25, -0.2) is 4.39 Å². The van der Waals surface area contributed by atoms with E-state index in [9.17, 15) is 18.8 Å². The van der Waals surface area contributed by atoms with Gasteiger partial charge in [0.2, 0.25) is 0 Å². The minimum absolute atomic E-state index is 0.290. The minimum Gasteiger partial charge on any atom is -0.343 e. The number of carbonyl (C=O) groups is 3. The van der Waals surface area contributed by atoms with Crippen molar-refractivity contribution in [1.29, 1.82) is 0 Å². The molecule has 0 radical (unpaired) electrons. The molecule has 3 N–H and O–H groups in total. The molecule has 1 aromatic heterocycles. The quantitative estimate of drug-likeness (QED) is 0.233. The van der Waals surface area contributed by atoms with E-state index in [-0.39, 0.29) is 23.0 Å². The van der Waals surface area contributed by atoms with Crippen LogP contribution in [0.25, 0.3) is 0 Å². The molecule has 0 atom stereocenters. The fourth-order valence-electron chi connectivity index (χ4n) is 4.25. The number of thioether (sulfide) groups is 1. The zero-order valence-corrected chi connectivity index (χ0v) is 19.0. The van der Waals surface area contributed by atoms with Crippen LogP contribution in [-0.2, 0) is 17.8 Å². The van der Waals surface area contributed by atoms with Gasteiger partial charge in [0.15, 0.2) is 0 Å². The molecule has 9 heteroatoms. The second-order valence-corrected chi connectivity index (χ2v) is 9.41. The van der Waals surface area contributed by atoms with Crippen molar-refractivity contribution in [3.8, 4) is 0 Å². The molecule has 0 bridgehead atoms. The van der Waals surface area contributed by atoms with Crippen molar-refractivity contribution in [3.05, 3.63) is 52.6 Å². The zero-order chi connectivity index (χ0) is 22.9. The molecule has 2 heterocycles. The molecule has 0 unspecified atom stereocenters. The fraction of sp³-hybridized carbons (Fsp3) is 0.435. The Balaban J connectivity index is 1.54. The lowest BCUT2D eigenvalue weighted by Crippen LogP contribution is -2.43. The number of hydrogen-bond acceptors (Lipinski definition) is 5. The van der Waals surface area contributed by atoms with E-state index in [1.165, 1.54) is 24.3 Å². The largest absolute Gasteiger partial charge is 0.343 e. The first-order valence-electron chi connectivity index (χ1n) is 10.7. The third-order valence-corrected chi connectivity index (χ3v) is 7.27. The number of amides is 2. The minimum atomic E-state index is -0.617. The van der Waals surface area contributed by atoms with Gasteiger partial charge >= 0.3 is 0 Å². The molecule has 0 saturated heterocycles. The maximum atomic E-state index is 13.2. The van der Waals surface area contributed by atoms with E-state index in [0.29, 0.717) is 29.8 Å². The number of carbonyl (C=O) groups excluding carboxylic acids is 3. The molecule has 32 heavy (non-hydrogen) atoms. The normalized spacial score (nSPS) is 15.8. The SMILES string of the molecule is CNCSCC1(NC(=O)C(=O)c2c(C)c(C(=O)Nc3ccc(F)cc3)c3n2CCC3)CC1. The summed E-state index contributed by atoms with van der Waals surface area (Å²) < 4.78 is 15.0. The van der Waals surface area contributed by atoms with E-state index in [4.69, 9.17) is 0 Å². The summed E-state index contributed by atoms with van der Waals surface area (Å²) in [7, 11) is 1.87. The van der Waals surface area contributed by atoms with Gasteiger partial charge in [0.05, 0.1) is 11.3 Å². The van der Waals surface area contributed by atoms with Crippen molar-refractivity contribution >= 4 is 35.0 Å². The Morgan fingerprint density at radius 2 is 1.91 bits per heavy atom. The lowest BCUT2D eigenvalue weighted by molar-refractivity contribution is -0.117. The highest BCUT2D eigenvalue weighted by Gasteiger charge is 2.45. The molecule has 1 fully saturated rings. The number of hydrogen-bond donors (Lipinski definition) is 3. The second-order valence-electron chi connectivity index (χ2n) is 8.42. The molecule has 2 aliphatic rings. The van der Waals surface area contributed by atoms with Crippen LogP contribution in [0.5, 0.6) is 0 Å². The van der Waals surface area contributed by atoms with Gasteiger partial charge in [-0.3, -0.25) is 14.4 Å². The van der Waals surface area contributed by atoms with Crippen molar-refractivity contribution in [2.45, 2.75) is 44.7 Å². The average molecular weight is 459 g/mol. The molecule has 1 aliphatic carbocycles. The number of benzene rings is 1. The fourth-order valence-corrected chi connectivity index (χ4v) is 5.31. The smallest absolute Gasteiger partial charge is 0.294 e. The standard InChI is InChI=1S/C23H27FN4O3S/c1-14-18(21(30)26-16-7-5-15(24)6-8-16)17-4-3-11-28(17)19(14)20(29)22(31)27-23(9-10-23)12-32-13-25-2/h5-8,25H,3-4,9-13H2,1-2H3,(H,26,30)(H,27,31). The van der Waals surface area contributed by atoms with Crippen LogP contribution in [0.15, 0.2) is 24.3 Å². The number of rotatable bonds is 9. The van der Waals surface area contributed by atoms with Gasteiger partial charge in [0.1, 0.15) is 5.82 Å². The Bertz CT molecular complexity index is 1060. The van der Waals surface area contributed by atoms with Gasteiger partial charge < -0.3 is 20.5 Å². The van der Waals surface area contributed by atoms with Crippen LogP contribution in [0.1, 0.15) is 51.4 Å². The highest BCUT2D eigenvalue weighted by molar-refractivity contribution is 7.99. The first-order chi connectivity index (χ1) is 15.3. The number of anilines is 1. The van der Waals surface area contributed by atoms with Gasteiger partial charge in [-0.15, -0.1) is 11.8 Å². The summed E-state index contributed by atoms with van der Waals surface area (Å²) >= 11 is 1.69. The van der Waals surface area contributed by atoms with E-state index >= 15 is 0 Å². The summed E-state index contributed by atoms with van der Waals surface area (Å²) in [4.78, 5) is 39.1. The predicted octanol–water partition coefficient (Wildman–Crippen LogP) is 2.88. The van der Waals surface area contributed by atoms with Crippen LogP contribution < -0.4 is 16.0 Å². The van der Waals surface area contributed by atoms with E-state index in [1.54, 1.807) is 18.7 Å². The number of fused-ring (bicyclic) bond motifs is 1. The maximum absolute atomic E-state index is 13.2. The van der Waals surface area contributed by atoms with E-state index in [0.717, 1.165) is 36.6 Å². The monoisotopic (exact) mass is 458 g/mol. The second kappa shape index (κ2) is 9.07. The molecule has 170 valence electrons. The molecule has 2 amide bonds. The Labute approximate surface area is 190 Å². The van der Waals surface area contributed by atoms with Crippen LogP contribution in [0.3, 0.4) is 0 Å². The summed E-state index contributed by atoms with van der Waals surface area (Å²) in [6.07, 6.45) is 3.18. The molecule has 7 nitrogen and oxygen atoms in total. The third kappa shape index (κ3) is 4.45. The van der Waals surface area contributed by atoms with Gasteiger partial charge in [-0.1, -0.05) is 0 Å². The number of Topliss-reactive ketones (excluding diaryl/α,β-unsaturated/α-hetero) is 1. The summed E-state index contributed by atoms with van der Waals surface area (Å²) in [5.41, 5.74) is 2.14. The van der Waals surface area contributed by atoms with Crippen LogP contribution in [0.2, 0.25) is 0 Å². The van der Waals surface area contributed by atoms with Crippen molar-refractivity contribution < 1.29 is 18.8 Å². The number of aromatic nitrogens is 1. The molecule has 1 aromatic carbocycles. The number of nitrogens with zero attached hydrogens (tertiary/aromatic N) is 1. The summed E-state index contributed by atoms with van der Waals surface area (Å²) in [6.45, 7) is 2.30. The Hall–Kier alpha value is -2.65. The van der Waals surface area contributed by atoms with E-state index in [2.05, 4.69) is 16.0 Å². The van der Waals surface area contributed by atoms with Gasteiger partial charge in [0, 0.05) is 35.1 Å². The number of halogens is 1. The van der Waals surface area contributed by atoms with Crippen molar-refractivity contribution in [1.82, 2.24) is 15.2 Å². The third-order valence-electron chi connectivity index (χ3n) is 6.02. The topological polar surface area (TPSA) is 92.2 Å². The Kier molecular flexibility index (Phi) is 6.39. The molecular formula is C23H27FN4O3S. The average Bonchev–Trinajstić information content (AvgIpc) is 3.25. The highest BCUT2D eigenvalue weighted by atomic mass is 32.2. The Morgan fingerprint density at radius 3 is 2.56 bits per heavy atom. The lowest BCUT2D eigenvalue weighted by atomic mass is 10.0. The highest BCUT2D eigenvalue weighted by Crippen LogP contribution is 2.38. The number of nitrogens with one attached hydrogen (secondary N) is 3. The first kappa shape index (κ1) is 22.5. The van der Waals surface area contributed by atoms with E-state index in [1.807, 2.05) is 11.6 Å². The molecular weight excluding hydrogens is 431 g/mol. The van der Waals surface area contributed by atoms with Crippen molar-refractivity contribution in [3.63, 3.8) is 0 Å². The molecule has 1 saturated carbocycles. The van der Waals surface area contributed by atoms with Gasteiger partial charge in [0.25, 0.3) is 17.6 Å². The lowest BCUT2D eigenvalue weighted by Gasteiger charge is -2.17. The van der Waals surface area contributed by atoms with E-state index < -0.39 is 11.7 Å². The summed E-state index contributed by atoms with van der Waals surface area (Å²) in [5.74, 6) is -0.431. The number of ketones is 1. The Morgan fingerprint density at radius 1 is 1.19 bits per heavy atom. The van der Waals surface area contributed by atoms with Crippen LogP contribution in [0, 0.1) is 12.7 Å². The van der Waals surface area contributed by atoms with Gasteiger partial charge in [-0.2, -0.15) is 0 Å². The van der Waals surface area contributed by atoms with Crippen molar-refractivity contribution in [2.24, 2.45) is 0 Å². The van der Waals surface area contributed by atoms with Crippen LogP contribution in [0.4, 0.5) is 10.1 Å². The molecule has 0 spiro atoms. The molecule has 4 rings (SSSR count). The van der Waals surface area contributed by atoms with Crippen LogP contribution in [-0.4, -0.2) is 46.4 Å². The first-order valence-corrected chi connectivity index (χ1v) is 11.9. The molecule has 1 aliphatic heterocycles. The van der Waals surface area contributed by atoms with Crippen molar-refractivity contribution in [2.75, 3.05) is 24.0 Å². The van der Waals surface area contributed by atoms with Gasteiger partial charge in [-0.05, 0) is 69.5 Å². The predicted molar refractivity (Wildman–Crippen MR) is 123 cm³/mol. The van der Waals surface area contributed by atoms with Crippen LogP contribution >= 0.6 is 11.8 Å². The summed E-state index contributed by atoms with van der Waals surface area (Å²) in [5, 5.41) is 8.78. The molecule has 2 aromatic rings. The zero-order valence-electron chi connectivity index (χ0n) is 18.2. The maximum Gasteiger partial charge on any atom is 0.294 e.